The molecule has 0 aromatic heterocycles. The summed E-state index contributed by atoms with van der Waals surface area (Å²) in [7, 11) is 0. The van der Waals surface area contributed by atoms with E-state index in [0.29, 0.717) is 62.7 Å². The summed E-state index contributed by atoms with van der Waals surface area (Å²) in [4.78, 5) is 79.6. The molecule has 16 heteroatoms. The fraction of sp³-hybridized carbons (Fsp3) is 0.455. The number of benzene rings is 3. The number of nitrogens with one attached hydrogen (secondary N) is 3. The Morgan fingerprint density at radius 2 is 1.53 bits per heavy atom. The highest BCUT2D eigenvalue weighted by atomic mass is 19.1. The van der Waals surface area contributed by atoms with Gasteiger partial charge in [-0.1, -0.05) is 48.5 Å². The van der Waals surface area contributed by atoms with Crippen LogP contribution in [0.5, 0.6) is 0 Å². The summed E-state index contributed by atoms with van der Waals surface area (Å²) >= 11 is 0. The zero-order chi connectivity index (χ0) is 42.9. The molecule has 322 valence electrons. The highest BCUT2D eigenvalue weighted by Crippen LogP contribution is 2.46. The van der Waals surface area contributed by atoms with Gasteiger partial charge in [-0.25, -0.2) is 14.1 Å². The third-order valence-corrected chi connectivity index (χ3v) is 10.2. The number of halogens is 1. The maximum absolute atomic E-state index is 13.9. The molecule has 0 unspecified atom stereocenters. The number of hydrogen-bond donors (Lipinski definition) is 3. The molecule has 2 aliphatic rings. The van der Waals surface area contributed by atoms with Crippen LogP contribution in [0.25, 0.3) is 0 Å². The Kier molecular flexibility index (Phi) is 17.1. The lowest BCUT2D eigenvalue weighted by molar-refractivity contribution is -0.143. The van der Waals surface area contributed by atoms with E-state index < -0.39 is 41.9 Å². The van der Waals surface area contributed by atoms with Crippen molar-refractivity contribution in [3.8, 4) is 0 Å². The average Bonchev–Trinajstić information content (AvgIpc) is 3.71. The van der Waals surface area contributed by atoms with Crippen molar-refractivity contribution in [1.29, 1.82) is 0 Å². The second-order valence-corrected chi connectivity index (χ2v) is 14.7. The van der Waals surface area contributed by atoms with Crippen molar-refractivity contribution in [1.82, 2.24) is 20.4 Å². The number of aryl methyl sites for hydroxylation is 1. The van der Waals surface area contributed by atoms with Crippen LogP contribution in [-0.4, -0.2) is 111 Å². The molecular weight excluding hydrogens is 778 g/mol. The number of anilines is 1. The number of carbonyl (C=O) groups is 6. The van der Waals surface area contributed by atoms with E-state index in [0.717, 1.165) is 16.9 Å². The fourth-order valence-corrected chi connectivity index (χ4v) is 7.00. The van der Waals surface area contributed by atoms with Crippen LogP contribution in [0.1, 0.15) is 61.8 Å². The molecule has 1 aliphatic carbocycles. The molecule has 0 bridgehead atoms. The van der Waals surface area contributed by atoms with Crippen molar-refractivity contribution in [2.24, 2.45) is 0 Å². The van der Waals surface area contributed by atoms with Gasteiger partial charge in [0.1, 0.15) is 12.4 Å². The number of imide groups is 1. The summed E-state index contributed by atoms with van der Waals surface area (Å²) in [5, 5.41) is 8.29. The quantitative estimate of drug-likeness (QED) is 0.112. The number of fused-ring (bicyclic) bond motifs is 2. The van der Waals surface area contributed by atoms with Crippen molar-refractivity contribution >= 4 is 41.3 Å². The predicted molar refractivity (Wildman–Crippen MR) is 218 cm³/mol. The zero-order valence-corrected chi connectivity index (χ0v) is 34.2. The molecule has 5 rings (SSSR count). The normalized spacial score (nSPS) is 16.0. The molecule has 3 N–H and O–H groups in total. The number of nitrogens with zero attached hydrogens (tertiary/aromatic N) is 2. The summed E-state index contributed by atoms with van der Waals surface area (Å²) in [6.45, 7) is 5.39. The Balaban J connectivity index is 1.00. The first-order chi connectivity index (χ1) is 28.9. The molecule has 0 saturated carbocycles. The van der Waals surface area contributed by atoms with Gasteiger partial charge in [0.25, 0.3) is 5.91 Å². The first kappa shape index (κ1) is 45.4. The highest BCUT2D eigenvalue weighted by molar-refractivity contribution is 6.06. The van der Waals surface area contributed by atoms with Crippen LogP contribution in [0.4, 0.5) is 14.9 Å². The van der Waals surface area contributed by atoms with E-state index in [1.165, 1.54) is 41.7 Å². The van der Waals surface area contributed by atoms with Crippen LogP contribution in [0.3, 0.4) is 0 Å². The van der Waals surface area contributed by atoms with Gasteiger partial charge in [0.15, 0.2) is 0 Å². The van der Waals surface area contributed by atoms with Gasteiger partial charge in [0, 0.05) is 63.1 Å². The zero-order valence-electron chi connectivity index (χ0n) is 34.2. The smallest absolute Gasteiger partial charge is 0.418 e. The molecule has 1 saturated heterocycles. The summed E-state index contributed by atoms with van der Waals surface area (Å²) < 4.78 is 36.0. The Hall–Kier alpha value is -5.71. The summed E-state index contributed by atoms with van der Waals surface area (Å²) in [5.41, 5.74) is 2.04. The summed E-state index contributed by atoms with van der Waals surface area (Å²) in [6.07, 6.45) is 1.16. The second-order valence-electron chi connectivity index (χ2n) is 14.7. The minimum Gasteiger partial charge on any atom is -0.427 e. The minimum absolute atomic E-state index is 0.0143. The minimum atomic E-state index is -1.58. The van der Waals surface area contributed by atoms with Crippen molar-refractivity contribution in [2.45, 2.75) is 70.6 Å². The molecule has 1 aliphatic heterocycles. The van der Waals surface area contributed by atoms with E-state index in [4.69, 9.17) is 18.9 Å². The topological polar surface area (TPSA) is 182 Å². The molecule has 0 radical (unpaired) electrons. The third kappa shape index (κ3) is 13.1. The summed E-state index contributed by atoms with van der Waals surface area (Å²) in [6, 6.07) is 20.1. The first-order valence-electron chi connectivity index (χ1n) is 20.3. The Morgan fingerprint density at radius 1 is 0.850 bits per heavy atom. The van der Waals surface area contributed by atoms with E-state index >= 15 is 0 Å². The van der Waals surface area contributed by atoms with Crippen molar-refractivity contribution in [3.05, 3.63) is 101 Å². The van der Waals surface area contributed by atoms with Crippen LogP contribution in [0, 0.1) is 5.82 Å². The molecule has 2 atom stereocenters. The lowest BCUT2D eigenvalue weighted by Gasteiger charge is -2.31. The largest absolute Gasteiger partial charge is 0.427 e. The molecule has 3 aromatic carbocycles. The number of rotatable bonds is 24. The molecule has 3 aromatic rings. The van der Waals surface area contributed by atoms with E-state index in [2.05, 4.69) is 28.1 Å². The Morgan fingerprint density at radius 3 is 2.25 bits per heavy atom. The molecule has 6 amide bonds. The number of carbonyl (C=O) groups excluding carboxylic acids is 6. The lowest BCUT2D eigenvalue weighted by atomic mass is 9.94. The van der Waals surface area contributed by atoms with Gasteiger partial charge >= 0.3 is 6.09 Å². The van der Waals surface area contributed by atoms with E-state index in [1.807, 2.05) is 18.2 Å². The van der Waals surface area contributed by atoms with Gasteiger partial charge in [0.2, 0.25) is 29.2 Å². The van der Waals surface area contributed by atoms with Crippen LogP contribution in [0.2, 0.25) is 0 Å². The van der Waals surface area contributed by atoms with Crippen LogP contribution < -0.4 is 16.0 Å². The highest BCUT2D eigenvalue weighted by Gasteiger charge is 2.58. The maximum atomic E-state index is 13.9. The predicted octanol–water partition coefficient (Wildman–Crippen LogP) is 4.02. The average molecular weight is 832 g/mol. The van der Waals surface area contributed by atoms with Gasteiger partial charge in [-0.2, -0.15) is 0 Å². The molecule has 60 heavy (non-hydrogen) atoms. The second kappa shape index (κ2) is 22.6. The van der Waals surface area contributed by atoms with E-state index in [-0.39, 0.29) is 63.2 Å². The fourth-order valence-electron chi connectivity index (χ4n) is 7.00. The first-order valence-corrected chi connectivity index (χ1v) is 20.3. The number of hydrogen-bond acceptors (Lipinski definition) is 10. The standard InChI is InChI=1S/C44H54FN5O10/c1-31(28-47-39(52)9-6-20-46-40(53)18-22-58-24-26-59-25-23-57-21-17-33-7-4-3-5-8-33)49(29-34-10-12-36(45)13-11-34)41(54)30-50-42(55)44(60-43(50)56)19-16-35-27-37(48-32(2)51)14-15-38(35)44/h3-5,7-8,10-15,27,31H,6,9,16-26,28-30H2,1-2H3,(H,46,53)(H,47,52)(H,48,51)/t31-,44+/m0/s1. The van der Waals surface area contributed by atoms with Gasteiger partial charge in [-0.3, -0.25) is 24.0 Å². The molecule has 1 spiro atoms. The van der Waals surface area contributed by atoms with Crippen molar-refractivity contribution < 1.29 is 52.1 Å². The van der Waals surface area contributed by atoms with Gasteiger partial charge < -0.3 is 39.8 Å². The van der Waals surface area contributed by atoms with Crippen molar-refractivity contribution in [3.63, 3.8) is 0 Å². The van der Waals surface area contributed by atoms with Gasteiger partial charge in [-0.15, -0.1) is 0 Å². The van der Waals surface area contributed by atoms with E-state index in [9.17, 15) is 33.2 Å². The van der Waals surface area contributed by atoms with Crippen LogP contribution in [0.15, 0.2) is 72.8 Å². The molecular formula is C44H54FN5O10. The van der Waals surface area contributed by atoms with Crippen LogP contribution in [-0.2, 0) is 67.9 Å². The summed E-state index contributed by atoms with van der Waals surface area (Å²) in [5.74, 6) is -2.44. The van der Waals surface area contributed by atoms with Gasteiger partial charge in [-0.05, 0) is 67.1 Å². The van der Waals surface area contributed by atoms with E-state index in [1.54, 1.807) is 25.1 Å². The molecule has 15 nitrogen and oxygen atoms in total. The SMILES string of the molecule is CC(=O)Nc1ccc2c(c1)CC[C@@]21OC(=O)N(CC(=O)N(Cc2ccc(F)cc2)[C@@H](C)CNC(=O)CCCNC(=O)CCOCCOCCOCCc2ccccc2)C1=O. The molecule has 1 fully saturated rings. The number of amides is 6. The Bertz CT molecular complexity index is 1950. The lowest BCUT2D eigenvalue weighted by Crippen LogP contribution is -2.50. The van der Waals surface area contributed by atoms with Crippen molar-refractivity contribution in [2.75, 3.05) is 64.6 Å². The monoisotopic (exact) mass is 831 g/mol. The number of ether oxygens (including phenoxy) is 4. The van der Waals surface area contributed by atoms with Gasteiger partial charge in [0.05, 0.1) is 39.6 Å². The van der Waals surface area contributed by atoms with Crippen LogP contribution >= 0.6 is 0 Å². The molecule has 1 heterocycles. The Labute approximate surface area is 349 Å². The third-order valence-electron chi connectivity index (χ3n) is 10.2. The maximum Gasteiger partial charge on any atom is 0.418 e.